The molecule has 0 saturated carbocycles. The molecule has 0 aromatic heterocycles. The van der Waals surface area contributed by atoms with Crippen molar-refractivity contribution in [2.45, 2.75) is 39.5 Å². The fourth-order valence-corrected chi connectivity index (χ4v) is 2.82. The van der Waals surface area contributed by atoms with E-state index in [1.54, 1.807) is 0 Å². The van der Waals surface area contributed by atoms with E-state index in [-0.39, 0.29) is 24.2 Å². The standard InChI is InChI=1S/C13H16N4O2.ClH/c1-3-5-13(6-4-2,9-7-14-16-11(9)18)10-8-15-17-12(10)19;/h7-8H,3-6H2,1-2H3;1H. The second-order valence-corrected chi connectivity index (χ2v) is 4.71. The zero-order valence-corrected chi connectivity index (χ0v) is 12.3. The number of azo groups is 2. The van der Waals surface area contributed by atoms with E-state index < -0.39 is 5.41 Å². The molecule has 6 nitrogen and oxygen atoms in total. The molecular formula is C13H17ClN4O2. The summed E-state index contributed by atoms with van der Waals surface area (Å²) in [4.78, 5) is 23.8. The Hall–Kier alpha value is -1.69. The lowest BCUT2D eigenvalue weighted by atomic mass is 9.67. The smallest absolute Gasteiger partial charge is 0.265 e. The summed E-state index contributed by atoms with van der Waals surface area (Å²) in [5, 5.41) is 14.4. The van der Waals surface area contributed by atoms with E-state index in [1.807, 2.05) is 13.8 Å². The summed E-state index contributed by atoms with van der Waals surface area (Å²) in [6.07, 6.45) is 6.00. The minimum atomic E-state index is -0.648. The molecule has 0 atom stereocenters. The average Bonchev–Trinajstić information content (AvgIpc) is 2.98. The third-order valence-electron chi connectivity index (χ3n) is 3.52. The fourth-order valence-electron chi connectivity index (χ4n) is 2.82. The van der Waals surface area contributed by atoms with Crippen molar-refractivity contribution in [2.75, 3.05) is 0 Å². The first-order chi connectivity index (χ1) is 9.15. The topological polar surface area (TPSA) is 83.6 Å². The molecule has 2 amide bonds. The molecule has 0 unspecified atom stereocenters. The van der Waals surface area contributed by atoms with Crippen molar-refractivity contribution in [1.82, 2.24) is 0 Å². The summed E-state index contributed by atoms with van der Waals surface area (Å²) in [7, 11) is 0. The molecule has 0 radical (unpaired) electrons. The average molecular weight is 297 g/mol. The molecule has 0 fully saturated rings. The second kappa shape index (κ2) is 6.65. The van der Waals surface area contributed by atoms with Crippen molar-refractivity contribution in [3.05, 3.63) is 23.5 Å². The maximum Gasteiger partial charge on any atom is 0.293 e. The van der Waals surface area contributed by atoms with E-state index in [0.717, 1.165) is 12.8 Å². The highest BCUT2D eigenvalue weighted by Crippen LogP contribution is 2.47. The molecule has 108 valence electrons. The lowest BCUT2D eigenvalue weighted by molar-refractivity contribution is -0.116. The summed E-state index contributed by atoms with van der Waals surface area (Å²) in [6.45, 7) is 4.04. The number of amides is 2. The molecule has 0 N–H and O–H groups in total. The van der Waals surface area contributed by atoms with Crippen LogP contribution in [-0.4, -0.2) is 11.8 Å². The molecule has 7 heteroatoms. The van der Waals surface area contributed by atoms with Crippen LogP contribution in [0.3, 0.4) is 0 Å². The quantitative estimate of drug-likeness (QED) is 0.747. The van der Waals surface area contributed by atoms with Gasteiger partial charge in [0.15, 0.2) is 0 Å². The first-order valence-electron chi connectivity index (χ1n) is 6.47. The third-order valence-corrected chi connectivity index (χ3v) is 3.52. The first-order valence-corrected chi connectivity index (χ1v) is 6.47. The maximum atomic E-state index is 11.9. The number of nitrogens with zero attached hydrogens (tertiary/aromatic N) is 4. The van der Waals surface area contributed by atoms with Crippen molar-refractivity contribution in [3.63, 3.8) is 0 Å². The van der Waals surface area contributed by atoms with Crippen LogP contribution in [-0.2, 0) is 9.59 Å². The molecule has 0 bridgehead atoms. The highest BCUT2D eigenvalue weighted by atomic mass is 35.5. The molecule has 0 aliphatic carbocycles. The minimum absolute atomic E-state index is 0. The summed E-state index contributed by atoms with van der Waals surface area (Å²) in [6, 6.07) is 0. The molecule has 0 aromatic carbocycles. The summed E-state index contributed by atoms with van der Waals surface area (Å²) in [5.41, 5.74) is 0.330. The largest absolute Gasteiger partial charge is 0.293 e. The lowest BCUT2D eigenvalue weighted by Gasteiger charge is -2.33. The Bertz CT molecular complexity index is 486. The van der Waals surface area contributed by atoms with Gasteiger partial charge in [-0.2, -0.15) is 10.2 Å². The van der Waals surface area contributed by atoms with Gasteiger partial charge < -0.3 is 0 Å². The van der Waals surface area contributed by atoms with E-state index in [9.17, 15) is 9.59 Å². The van der Waals surface area contributed by atoms with Crippen LogP contribution in [0.25, 0.3) is 0 Å². The third kappa shape index (κ3) is 2.60. The van der Waals surface area contributed by atoms with E-state index in [1.165, 1.54) is 12.4 Å². The van der Waals surface area contributed by atoms with Crippen molar-refractivity contribution in [2.24, 2.45) is 25.9 Å². The lowest BCUT2D eigenvalue weighted by Crippen LogP contribution is -2.31. The minimum Gasteiger partial charge on any atom is -0.265 e. The normalized spacial score (nSPS) is 17.3. The zero-order chi connectivity index (χ0) is 13.9. The number of halogens is 1. The van der Waals surface area contributed by atoms with E-state index in [2.05, 4.69) is 20.5 Å². The number of hydrogen-bond donors (Lipinski definition) is 0. The van der Waals surface area contributed by atoms with Crippen molar-refractivity contribution < 1.29 is 9.59 Å². The number of hydrogen-bond acceptors (Lipinski definition) is 4. The van der Waals surface area contributed by atoms with Gasteiger partial charge in [-0.15, -0.1) is 22.6 Å². The van der Waals surface area contributed by atoms with E-state index >= 15 is 0 Å². The SMILES string of the molecule is CCCC(CCC)(C1=CN=NC1=O)C1=CN=NC1=O.Cl. The molecule has 2 aliphatic heterocycles. The highest BCUT2D eigenvalue weighted by molar-refractivity contribution is 6.03. The zero-order valence-electron chi connectivity index (χ0n) is 11.5. The summed E-state index contributed by atoms with van der Waals surface area (Å²) >= 11 is 0. The monoisotopic (exact) mass is 296 g/mol. The van der Waals surface area contributed by atoms with Gasteiger partial charge in [0.25, 0.3) is 11.8 Å². The summed E-state index contributed by atoms with van der Waals surface area (Å²) in [5.74, 6) is -0.718. The maximum absolute atomic E-state index is 11.9. The molecule has 2 aliphatic rings. The van der Waals surface area contributed by atoms with Crippen LogP contribution >= 0.6 is 12.4 Å². The molecule has 0 aromatic rings. The van der Waals surface area contributed by atoms with E-state index in [4.69, 9.17) is 0 Å². The second-order valence-electron chi connectivity index (χ2n) is 4.71. The van der Waals surface area contributed by atoms with Gasteiger partial charge in [0.1, 0.15) is 0 Å². The fraction of sp³-hybridized carbons (Fsp3) is 0.538. The van der Waals surface area contributed by atoms with Crippen molar-refractivity contribution >= 4 is 24.2 Å². The van der Waals surface area contributed by atoms with Gasteiger partial charge in [0.2, 0.25) is 0 Å². The van der Waals surface area contributed by atoms with Gasteiger partial charge in [-0.05, 0) is 12.8 Å². The Morgan fingerprint density at radius 3 is 1.55 bits per heavy atom. The first kappa shape index (κ1) is 16.4. The van der Waals surface area contributed by atoms with Crippen LogP contribution in [0.1, 0.15) is 39.5 Å². The van der Waals surface area contributed by atoms with E-state index in [0.29, 0.717) is 24.0 Å². The molecule has 2 rings (SSSR count). The van der Waals surface area contributed by atoms with Crippen LogP contribution in [0.15, 0.2) is 44.0 Å². The number of carbonyl (C=O) groups is 2. The predicted molar refractivity (Wildman–Crippen MR) is 75.4 cm³/mol. The highest BCUT2D eigenvalue weighted by Gasteiger charge is 2.45. The molecule has 0 spiro atoms. The molecule has 0 saturated heterocycles. The Kier molecular flexibility index (Phi) is 5.44. The van der Waals surface area contributed by atoms with Gasteiger partial charge >= 0.3 is 0 Å². The summed E-state index contributed by atoms with van der Waals surface area (Å²) < 4.78 is 0. The van der Waals surface area contributed by atoms with Crippen molar-refractivity contribution in [1.29, 1.82) is 0 Å². The van der Waals surface area contributed by atoms with Gasteiger partial charge in [0.05, 0.1) is 23.5 Å². The van der Waals surface area contributed by atoms with Crippen LogP contribution < -0.4 is 0 Å². The molecule has 20 heavy (non-hydrogen) atoms. The Labute approximate surface area is 123 Å². The van der Waals surface area contributed by atoms with Crippen LogP contribution in [0.4, 0.5) is 0 Å². The van der Waals surface area contributed by atoms with Gasteiger partial charge in [0, 0.05) is 5.41 Å². The Morgan fingerprint density at radius 1 is 0.900 bits per heavy atom. The van der Waals surface area contributed by atoms with Crippen LogP contribution in [0.2, 0.25) is 0 Å². The number of carbonyl (C=O) groups excluding carboxylic acids is 2. The van der Waals surface area contributed by atoms with Crippen LogP contribution in [0.5, 0.6) is 0 Å². The Balaban J connectivity index is 0.00000200. The van der Waals surface area contributed by atoms with Gasteiger partial charge in [-0.25, -0.2) is 0 Å². The molecule has 2 heterocycles. The van der Waals surface area contributed by atoms with Crippen LogP contribution in [0, 0.1) is 5.41 Å². The van der Waals surface area contributed by atoms with Gasteiger partial charge in [-0.3, -0.25) is 9.59 Å². The van der Waals surface area contributed by atoms with Crippen molar-refractivity contribution in [3.8, 4) is 0 Å². The number of rotatable bonds is 6. The predicted octanol–water partition coefficient (Wildman–Crippen LogP) is 3.75. The molecular weight excluding hydrogens is 280 g/mol. The Morgan fingerprint density at radius 2 is 1.30 bits per heavy atom. The van der Waals surface area contributed by atoms with Gasteiger partial charge in [-0.1, -0.05) is 26.7 Å².